The van der Waals surface area contributed by atoms with E-state index in [1.165, 1.54) is 13.2 Å². The number of rotatable bonds is 4. The van der Waals surface area contributed by atoms with Crippen molar-refractivity contribution in [2.75, 3.05) is 38.2 Å². The summed E-state index contributed by atoms with van der Waals surface area (Å²) in [6.45, 7) is 1.89. The number of carbonyl (C=O) groups is 1. The lowest BCUT2D eigenvalue weighted by molar-refractivity contribution is -0.384. The Hall–Kier alpha value is -2.32. The average Bonchev–Trinajstić information content (AvgIpc) is 2.67. The predicted octanol–water partition coefficient (Wildman–Crippen LogP) is 3.98. The Morgan fingerprint density at radius 2 is 1.89 bits per heavy atom. The van der Waals surface area contributed by atoms with E-state index in [1.807, 2.05) is 11.0 Å². The molecular formula is C18H17BrClN3O4. The summed E-state index contributed by atoms with van der Waals surface area (Å²) < 4.78 is 6.08. The van der Waals surface area contributed by atoms with Gasteiger partial charge in [0.25, 0.3) is 11.6 Å². The summed E-state index contributed by atoms with van der Waals surface area (Å²) in [4.78, 5) is 27.4. The van der Waals surface area contributed by atoms with Gasteiger partial charge in [-0.15, -0.1) is 0 Å². The van der Waals surface area contributed by atoms with Gasteiger partial charge in [0.15, 0.2) is 0 Å². The van der Waals surface area contributed by atoms with Gasteiger partial charge >= 0.3 is 0 Å². The summed E-state index contributed by atoms with van der Waals surface area (Å²) >= 11 is 9.26. The van der Waals surface area contributed by atoms with E-state index in [0.29, 0.717) is 48.2 Å². The van der Waals surface area contributed by atoms with Gasteiger partial charge in [0, 0.05) is 41.7 Å². The Morgan fingerprint density at radius 3 is 2.52 bits per heavy atom. The van der Waals surface area contributed by atoms with Crippen molar-refractivity contribution in [2.24, 2.45) is 0 Å². The minimum atomic E-state index is -0.439. The highest BCUT2D eigenvalue weighted by Crippen LogP contribution is 2.32. The first kappa shape index (κ1) is 19.4. The molecule has 9 heteroatoms. The van der Waals surface area contributed by atoms with E-state index in [2.05, 4.69) is 15.9 Å². The molecule has 2 aromatic carbocycles. The van der Waals surface area contributed by atoms with Crippen molar-refractivity contribution in [3.63, 3.8) is 0 Å². The first-order valence-electron chi connectivity index (χ1n) is 8.22. The van der Waals surface area contributed by atoms with Crippen molar-refractivity contribution in [3.8, 4) is 5.75 Å². The van der Waals surface area contributed by atoms with Crippen LogP contribution in [0.5, 0.6) is 5.75 Å². The molecule has 7 nitrogen and oxygen atoms in total. The number of nitro benzene ring substituents is 1. The number of benzene rings is 2. The lowest BCUT2D eigenvalue weighted by atomic mass is 10.1. The Bertz CT molecular complexity index is 885. The van der Waals surface area contributed by atoms with Gasteiger partial charge in [0.1, 0.15) is 11.4 Å². The van der Waals surface area contributed by atoms with Crippen LogP contribution in [0.15, 0.2) is 40.9 Å². The molecule has 0 atom stereocenters. The second-order valence-electron chi connectivity index (χ2n) is 6.01. The molecule has 27 heavy (non-hydrogen) atoms. The molecule has 1 amide bonds. The number of hydrogen-bond donors (Lipinski definition) is 0. The molecule has 0 bridgehead atoms. The number of anilines is 1. The van der Waals surface area contributed by atoms with Crippen LogP contribution in [-0.2, 0) is 0 Å². The normalized spacial score (nSPS) is 14.2. The van der Waals surface area contributed by atoms with E-state index in [1.54, 1.807) is 29.2 Å². The second kappa shape index (κ2) is 8.14. The highest BCUT2D eigenvalue weighted by molar-refractivity contribution is 9.10. The van der Waals surface area contributed by atoms with Crippen LogP contribution in [0.3, 0.4) is 0 Å². The third kappa shape index (κ3) is 4.17. The molecule has 0 unspecified atom stereocenters. The van der Waals surface area contributed by atoms with Crippen LogP contribution < -0.4 is 9.64 Å². The number of halogens is 2. The average molecular weight is 455 g/mol. The van der Waals surface area contributed by atoms with Crippen molar-refractivity contribution in [2.45, 2.75) is 0 Å². The van der Waals surface area contributed by atoms with Gasteiger partial charge in [0.05, 0.1) is 17.6 Å². The third-order valence-electron chi connectivity index (χ3n) is 4.43. The van der Waals surface area contributed by atoms with E-state index < -0.39 is 4.92 Å². The van der Waals surface area contributed by atoms with Crippen molar-refractivity contribution < 1.29 is 14.5 Å². The van der Waals surface area contributed by atoms with E-state index in [-0.39, 0.29) is 11.6 Å². The summed E-state index contributed by atoms with van der Waals surface area (Å²) in [5.41, 5.74) is 0.963. The minimum absolute atomic E-state index is 0.0315. The molecule has 1 fully saturated rings. The van der Waals surface area contributed by atoms with Crippen molar-refractivity contribution in [1.29, 1.82) is 0 Å². The number of nitro groups is 1. The van der Waals surface area contributed by atoms with Crippen LogP contribution in [0, 0.1) is 10.1 Å². The molecule has 0 radical (unpaired) electrons. The SMILES string of the molecule is COc1ccc(Br)cc1C(=O)N1CCN(c2ccc(Cl)cc2[N+](=O)[O-])CC1. The van der Waals surface area contributed by atoms with Crippen LogP contribution in [0.1, 0.15) is 10.4 Å². The van der Waals surface area contributed by atoms with Gasteiger partial charge < -0.3 is 14.5 Å². The smallest absolute Gasteiger partial charge is 0.294 e. The fourth-order valence-corrected chi connectivity index (χ4v) is 3.61. The zero-order valence-corrected chi connectivity index (χ0v) is 16.9. The number of methoxy groups -OCH3 is 1. The zero-order chi connectivity index (χ0) is 19.6. The van der Waals surface area contributed by atoms with Gasteiger partial charge in [-0.2, -0.15) is 0 Å². The minimum Gasteiger partial charge on any atom is -0.496 e. The molecule has 0 spiro atoms. The standard InChI is InChI=1S/C18H17BrClN3O4/c1-27-17-5-2-12(19)10-14(17)18(24)22-8-6-21(7-9-22)15-4-3-13(20)11-16(15)23(25)26/h2-5,10-11H,6-9H2,1H3. The summed E-state index contributed by atoms with van der Waals surface area (Å²) in [6, 6.07) is 9.92. The molecule has 0 aromatic heterocycles. The maximum absolute atomic E-state index is 12.9. The lowest BCUT2D eigenvalue weighted by Gasteiger charge is -2.36. The highest BCUT2D eigenvalue weighted by Gasteiger charge is 2.27. The molecule has 1 aliphatic rings. The number of nitrogens with zero attached hydrogens (tertiary/aromatic N) is 3. The fourth-order valence-electron chi connectivity index (χ4n) is 3.08. The Balaban J connectivity index is 1.76. The van der Waals surface area contributed by atoms with E-state index >= 15 is 0 Å². The Labute approximate surface area is 169 Å². The molecular weight excluding hydrogens is 438 g/mol. The molecule has 0 saturated carbocycles. The van der Waals surface area contributed by atoms with Crippen molar-refractivity contribution >= 4 is 44.8 Å². The topological polar surface area (TPSA) is 75.9 Å². The molecule has 3 rings (SSSR count). The summed E-state index contributed by atoms with van der Waals surface area (Å²) in [7, 11) is 1.53. The quantitative estimate of drug-likeness (QED) is 0.516. The van der Waals surface area contributed by atoms with Crippen LogP contribution in [0.4, 0.5) is 11.4 Å². The molecule has 1 saturated heterocycles. The third-order valence-corrected chi connectivity index (χ3v) is 5.16. The maximum atomic E-state index is 12.9. The first-order chi connectivity index (χ1) is 12.9. The number of amides is 1. The van der Waals surface area contributed by atoms with E-state index in [0.717, 1.165) is 4.47 Å². The van der Waals surface area contributed by atoms with Gasteiger partial charge in [-0.1, -0.05) is 27.5 Å². The molecule has 2 aromatic rings. The van der Waals surface area contributed by atoms with Gasteiger partial charge in [-0.25, -0.2) is 0 Å². The number of piperazine rings is 1. The number of ether oxygens (including phenoxy) is 1. The second-order valence-corrected chi connectivity index (χ2v) is 7.37. The molecule has 142 valence electrons. The Morgan fingerprint density at radius 1 is 1.19 bits per heavy atom. The largest absolute Gasteiger partial charge is 0.496 e. The lowest BCUT2D eigenvalue weighted by Crippen LogP contribution is -2.49. The molecule has 0 aliphatic carbocycles. The van der Waals surface area contributed by atoms with Crippen molar-refractivity contribution in [1.82, 2.24) is 4.90 Å². The van der Waals surface area contributed by atoms with Crippen LogP contribution in [0.2, 0.25) is 5.02 Å². The predicted molar refractivity (Wildman–Crippen MR) is 107 cm³/mol. The van der Waals surface area contributed by atoms with Gasteiger partial charge in [-0.3, -0.25) is 14.9 Å². The van der Waals surface area contributed by atoms with E-state index in [4.69, 9.17) is 16.3 Å². The first-order valence-corrected chi connectivity index (χ1v) is 9.39. The maximum Gasteiger partial charge on any atom is 0.294 e. The van der Waals surface area contributed by atoms with Gasteiger partial charge in [0.2, 0.25) is 0 Å². The molecule has 0 N–H and O–H groups in total. The molecule has 1 aliphatic heterocycles. The summed E-state index contributed by atoms with van der Waals surface area (Å²) in [6.07, 6.45) is 0. The monoisotopic (exact) mass is 453 g/mol. The van der Waals surface area contributed by atoms with Gasteiger partial charge in [-0.05, 0) is 30.3 Å². The summed E-state index contributed by atoms with van der Waals surface area (Å²) in [5, 5.41) is 11.6. The Kier molecular flexibility index (Phi) is 5.86. The molecule has 1 heterocycles. The van der Waals surface area contributed by atoms with E-state index in [9.17, 15) is 14.9 Å². The number of carbonyl (C=O) groups excluding carboxylic acids is 1. The number of hydrogen-bond acceptors (Lipinski definition) is 5. The van der Waals surface area contributed by atoms with Crippen molar-refractivity contribution in [3.05, 3.63) is 61.6 Å². The zero-order valence-electron chi connectivity index (χ0n) is 14.5. The highest BCUT2D eigenvalue weighted by atomic mass is 79.9. The van der Waals surface area contributed by atoms with Crippen LogP contribution >= 0.6 is 27.5 Å². The fraction of sp³-hybridized carbons (Fsp3) is 0.278. The summed E-state index contributed by atoms with van der Waals surface area (Å²) in [5.74, 6) is 0.386. The van der Waals surface area contributed by atoms with Crippen LogP contribution in [-0.4, -0.2) is 49.0 Å². The van der Waals surface area contributed by atoms with Crippen LogP contribution in [0.25, 0.3) is 0 Å².